The number of hydrogen-bond acceptors (Lipinski definition) is 3. The third kappa shape index (κ3) is 3.12. The number of nitrogens with one attached hydrogen (secondary N) is 1. The van der Waals surface area contributed by atoms with Crippen LogP contribution in [-0.4, -0.2) is 15.7 Å². The van der Waals surface area contributed by atoms with Crippen LogP contribution in [0.4, 0.5) is 11.5 Å². The molecule has 122 valence electrons. The number of carbonyl (C=O) groups excluding carboxylic acids is 1. The van der Waals surface area contributed by atoms with Gasteiger partial charge in [0.2, 0.25) is 0 Å². The molecule has 1 aromatic heterocycles. The van der Waals surface area contributed by atoms with Crippen LogP contribution in [0.25, 0.3) is 5.69 Å². The predicted molar refractivity (Wildman–Crippen MR) is 96.9 cm³/mol. The second-order valence-electron chi connectivity index (χ2n) is 5.57. The molecule has 0 fully saturated rings. The number of halogens is 1. The first-order valence-electron chi connectivity index (χ1n) is 7.44. The molecule has 0 radical (unpaired) electrons. The number of rotatable bonds is 3. The summed E-state index contributed by atoms with van der Waals surface area (Å²) in [6.45, 7) is 3.99. The number of carbonyl (C=O) groups is 1. The number of aryl methyl sites for hydroxylation is 2. The van der Waals surface area contributed by atoms with Crippen molar-refractivity contribution >= 4 is 29.0 Å². The van der Waals surface area contributed by atoms with Crippen LogP contribution in [0.5, 0.6) is 0 Å². The standard InChI is InChI=1S/C18H17ClN4O/c1-11-4-3-5-12(2)16(11)23-10-15(17(20)22-23)18(24)21-14-8-6-13(19)7-9-14/h3-10H,1-2H3,(H2,20,22)(H,21,24). The number of nitrogen functional groups attached to an aromatic ring is 1. The molecular formula is C18H17ClN4O. The fraction of sp³-hybridized carbons (Fsp3) is 0.111. The minimum atomic E-state index is -0.313. The second-order valence-corrected chi connectivity index (χ2v) is 6.01. The molecule has 0 aliphatic heterocycles. The maximum Gasteiger partial charge on any atom is 0.261 e. The normalized spacial score (nSPS) is 10.6. The molecule has 5 nitrogen and oxygen atoms in total. The first kappa shape index (κ1) is 16.1. The molecule has 3 rings (SSSR count). The van der Waals surface area contributed by atoms with Gasteiger partial charge in [-0.2, -0.15) is 0 Å². The molecule has 3 aromatic rings. The van der Waals surface area contributed by atoms with Crippen molar-refractivity contribution in [3.05, 3.63) is 70.4 Å². The summed E-state index contributed by atoms with van der Waals surface area (Å²) in [5, 5.41) is 7.69. The van der Waals surface area contributed by atoms with E-state index in [9.17, 15) is 4.79 Å². The molecule has 24 heavy (non-hydrogen) atoms. The van der Waals surface area contributed by atoms with E-state index in [1.807, 2.05) is 32.0 Å². The highest BCUT2D eigenvalue weighted by atomic mass is 35.5. The van der Waals surface area contributed by atoms with E-state index in [1.54, 1.807) is 35.1 Å². The van der Waals surface area contributed by atoms with Crippen LogP contribution in [0.3, 0.4) is 0 Å². The summed E-state index contributed by atoms with van der Waals surface area (Å²) in [4.78, 5) is 12.5. The molecule has 0 saturated heterocycles. The zero-order valence-corrected chi connectivity index (χ0v) is 14.1. The topological polar surface area (TPSA) is 72.9 Å². The fourth-order valence-electron chi connectivity index (χ4n) is 2.58. The quantitative estimate of drug-likeness (QED) is 0.757. The van der Waals surface area contributed by atoms with Gasteiger partial charge in [0.25, 0.3) is 5.91 Å². The summed E-state index contributed by atoms with van der Waals surface area (Å²) >= 11 is 5.85. The van der Waals surface area contributed by atoms with E-state index in [0.717, 1.165) is 16.8 Å². The van der Waals surface area contributed by atoms with Gasteiger partial charge in [-0.3, -0.25) is 4.79 Å². The van der Waals surface area contributed by atoms with Gasteiger partial charge < -0.3 is 11.1 Å². The van der Waals surface area contributed by atoms with Crippen LogP contribution < -0.4 is 11.1 Å². The number of aromatic nitrogens is 2. The number of para-hydroxylation sites is 1. The van der Waals surface area contributed by atoms with Crippen molar-refractivity contribution < 1.29 is 4.79 Å². The lowest BCUT2D eigenvalue weighted by Gasteiger charge is -2.08. The fourth-order valence-corrected chi connectivity index (χ4v) is 2.70. The minimum absolute atomic E-state index is 0.184. The van der Waals surface area contributed by atoms with Gasteiger partial charge in [0.15, 0.2) is 5.82 Å². The summed E-state index contributed by atoms with van der Waals surface area (Å²) in [7, 11) is 0. The van der Waals surface area contributed by atoms with Crippen LogP contribution in [0, 0.1) is 13.8 Å². The lowest BCUT2D eigenvalue weighted by atomic mass is 10.1. The summed E-state index contributed by atoms with van der Waals surface area (Å²) in [6, 6.07) is 12.8. The molecule has 2 aromatic carbocycles. The largest absolute Gasteiger partial charge is 0.382 e. The first-order valence-corrected chi connectivity index (χ1v) is 7.82. The van der Waals surface area contributed by atoms with Gasteiger partial charge in [0, 0.05) is 16.9 Å². The summed E-state index contributed by atoms with van der Waals surface area (Å²) in [6.07, 6.45) is 1.65. The molecular weight excluding hydrogens is 324 g/mol. The van der Waals surface area contributed by atoms with Crippen molar-refractivity contribution in [3.63, 3.8) is 0 Å². The van der Waals surface area contributed by atoms with Crippen LogP contribution in [0.1, 0.15) is 21.5 Å². The predicted octanol–water partition coefficient (Wildman–Crippen LogP) is 3.98. The molecule has 0 unspecified atom stereocenters. The van der Waals surface area contributed by atoms with Crippen molar-refractivity contribution in [2.24, 2.45) is 0 Å². The Morgan fingerprint density at radius 2 is 1.75 bits per heavy atom. The Balaban J connectivity index is 1.91. The molecule has 0 saturated carbocycles. The average molecular weight is 341 g/mol. The Labute approximate surface area is 145 Å². The SMILES string of the molecule is Cc1cccc(C)c1-n1cc(C(=O)Nc2ccc(Cl)cc2)c(N)n1. The average Bonchev–Trinajstić information content (AvgIpc) is 2.91. The molecule has 0 spiro atoms. The monoisotopic (exact) mass is 340 g/mol. The summed E-state index contributed by atoms with van der Waals surface area (Å²) < 4.78 is 1.65. The zero-order chi connectivity index (χ0) is 17.3. The Kier molecular flexibility index (Phi) is 4.27. The second kappa shape index (κ2) is 6.37. The summed E-state index contributed by atoms with van der Waals surface area (Å²) in [5.74, 6) is -0.128. The highest BCUT2D eigenvalue weighted by Crippen LogP contribution is 2.22. The van der Waals surface area contributed by atoms with Crippen LogP contribution in [0.15, 0.2) is 48.7 Å². The smallest absolute Gasteiger partial charge is 0.261 e. The Bertz CT molecular complexity index is 880. The van der Waals surface area contributed by atoms with Crippen molar-refractivity contribution in [3.8, 4) is 5.69 Å². The Morgan fingerprint density at radius 1 is 1.12 bits per heavy atom. The number of nitrogens with zero attached hydrogens (tertiary/aromatic N) is 2. The first-order chi connectivity index (χ1) is 11.5. The Hall–Kier alpha value is -2.79. The molecule has 0 bridgehead atoms. The summed E-state index contributed by atoms with van der Waals surface area (Å²) in [5.41, 5.74) is 9.95. The third-order valence-electron chi connectivity index (χ3n) is 3.76. The lowest BCUT2D eigenvalue weighted by Crippen LogP contribution is -2.12. The Morgan fingerprint density at radius 3 is 2.38 bits per heavy atom. The molecule has 1 amide bonds. The van der Waals surface area contributed by atoms with Gasteiger partial charge in [-0.1, -0.05) is 29.8 Å². The van der Waals surface area contributed by atoms with Crippen molar-refractivity contribution in [2.75, 3.05) is 11.1 Å². The zero-order valence-electron chi connectivity index (χ0n) is 13.4. The maximum absolute atomic E-state index is 12.5. The van der Waals surface area contributed by atoms with E-state index >= 15 is 0 Å². The van der Waals surface area contributed by atoms with Gasteiger partial charge in [-0.25, -0.2) is 4.68 Å². The highest BCUT2D eigenvalue weighted by Gasteiger charge is 2.16. The van der Waals surface area contributed by atoms with Gasteiger partial charge >= 0.3 is 0 Å². The third-order valence-corrected chi connectivity index (χ3v) is 4.01. The van der Waals surface area contributed by atoms with E-state index in [4.69, 9.17) is 17.3 Å². The van der Waals surface area contributed by atoms with Gasteiger partial charge in [-0.05, 0) is 49.2 Å². The highest BCUT2D eigenvalue weighted by molar-refractivity contribution is 6.30. The van der Waals surface area contributed by atoms with E-state index in [1.165, 1.54) is 0 Å². The number of benzene rings is 2. The molecule has 6 heteroatoms. The van der Waals surface area contributed by atoms with Gasteiger partial charge in [0.05, 0.1) is 5.69 Å². The van der Waals surface area contributed by atoms with Crippen LogP contribution >= 0.6 is 11.6 Å². The molecule has 3 N–H and O–H groups in total. The maximum atomic E-state index is 12.5. The van der Waals surface area contributed by atoms with Gasteiger partial charge in [0.1, 0.15) is 5.56 Å². The molecule has 0 aliphatic rings. The minimum Gasteiger partial charge on any atom is -0.382 e. The number of nitrogens with two attached hydrogens (primary N) is 1. The van der Waals surface area contributed by atoms with Crippen LogP contribution in [0.2, 0.25) is 5.02 Å². The van der Waals surface area contributed by atoms with E-state index < -0.39 is 0 Å². The number of anilines is 2. The van der Waals surface area contributed by atoms with E-state index in [0.29, 0.717) is 16.3 Å². The lowest BCUT2D eigenvalue weighted by molar-refractivity contribution is 0.102. The molecule has 1 heterocycles. The molecule has 0 aliphatic carbocycles. The number of hydrogen-bond donors (Lipinski definition) is 2. The van der Waals surface area contributed by atoms with Crippen LogP contribution in [-0.2, 0) is 0 Å². The van der Waals surface area contributed by atoms with Crippen molar-refractivity contribution in [1.29, 1.82) is 0 Å². The number of amides is 1. The van der Waals surface area contributed by atoms with E-state index in [-0.39, 0.29) is 11.7 Å². The van der Waals surface area contributed by atoms with Gasteiger partial charge in [-0.15, -0.1) is 5.10 Å². The van der Waals surface area contributed by atoms with Crippen molar-refractivity contribution in [2.45, 2.75) is 13.8 Å². The van der Waals surface area contributed by atoms with Crippen molar-refractivity contribution in [1.82, 2.24) is 9.78 Å². The van der Waals surface area contributed by atoms with E-state index in [2.05, 4.69) is 10.4 Å². The molecule has 0 atom stereocenters.